The number of nitrogen functional groups attached to an aromatic ring is 1. The van der Waals surface area contributed by atoms with E-state index in [1.807, 2.05) is 25.1 Å². The van der Waals surface area contributed by atoms with E-state index in [4.69, 9.17) is 5.73 Å². The van der Waals surface area contributed by atoms with Crippen molar-refractivity contribution in [3.05, 3.63) is 47.7 Å². The number of benzene rings is 1. The van der Waals surface area contributed by atoms with Crippen LogP contribution in [0.2, 0.25) is 0 Å². The minimum Gasteiger partial charge on any atom is -0.399 e. The van der Waals surface area contributed by atoms with Gasteiger partial charge in [0.25, 0.3) is 5.91 Å². The van der Waals surface area contributed by atoms with Gasteiger partial charge < -0.3 is 16.0 Å². The lowest BCUT2D eigenvalue weighted by molar-refractivity contribution is 0.0950. The molecule has 3 rings (SSSR count). The molecule has 2 aromatic rings. The first-order valence-electron chi connectivity index (χ1n) is 7.84. The molecule has 0 bridgehead atoms. The highest BCUT2D eigenvalue weighted by Crippen LogP contribution is 2.22. The number of rotatable bonds is 4. The van der Waals surface area contributed by atoms with Crippen molar-refractivity contribution in [3.8, 4) is 0 Å². The SMILES string of the molecule is Cc1ccc(N)cc1C(=O)NCC1CCCN1c1cccnn1.Cl.Cl. The van der Waals surface area contributed by atoms with Crippen molar-refractivity contribution in [1.29, 1.82) is 0 Å². The molecule has 1 aromatic heterocycles. The summed E-state index contributed by atoms with van der Waals surface area (Å²) in [5, 5.41) is 11.1. The van der Waals surface area contributed by atoms with Crippen LogP contribution in [-0.4, -0.2) is 35.2 Å². The molecule has 1 unspecified atom stereocenters. The third-order valence-electron chi connectivity index (χ3n) is 4.23. The summed E-state index contributed by atoms with van der Waals surface area (Å²) in [4.78, 5) is 14.6. The second-order valence-corrected chi connectivity index (χ2v) is 5.86. The fraction of sp³-hybridized carbons (Fsp3) is 0.353. The Morgan fingerprint density at radius 3 is 2.88 bits per heavy atom. The van der Waals surface area contributed by atoms with Crippen LogP contribution in [0.5, 0.6) is 0 Å². The summed E-state index contributed by atoms with van der Waals surface area (Å²) in [6.07, 6.45) is 3.79. The monoisotopic (exact) mass is 383 g/mol. The average molecular weight is 384 g/mol. The summed E-state index contributed by atoms with van der Waals surface area (Å²) >= 11 is 0. The highest BCUT2D eigenvalue weighted by atomic mass is 35.5. The first-order valence-corrected chi connectivity index (χ1v) is 7.84. The second-order valence-electron chi connectivity index (χ2n) is 5.86. The van der Waals surface area contributed by atoms with Gasteiger partial charge in [0.15, 0.2) is 5.82 Å². The number of amides is 1. The average Bonchev–Trinajstić information content (AvgIpc) is 3.04. The molecule has 6 nitrogen and oxygen atoms in total. The Kier molecular flexibility index (Phi) is 7.93. The Labute approximate surface area is 160 Å². The minimum atomic E-state index is -0.0826. The van der Waals surface area contributed by atoms with Crippen LogP contribution >= 0.6 is 24.8 Å². The van der Waals surface area contributed by atoms with Crippen LogP contribution in [0.4, 0.5) is 11.5 Å². The lowest BCUT2D eigenvalue weighted by Gasteiger charge is -2.25. The predicted octanol–water partition coefficient (Wildman–Crippen LogP) is 2.61. The molecule has 1 atom stereocenters. The zero-order chi connectivity index (χ0) is 16.2. The molecule has 1 saturated heterocycles. The van der Waals surface area contributed by atoms with Crippen molar-refractivity contribution in [2.24, 2.45) is 0 Å². The number of aromatic nitrogens is 2. The van der Waals surface area contributed by atoms with Crippen LogP contribution < -0.4 is 16.0 Å². The summed E-state index contributed by atoms with van der Waals surface area (Å²) in [5.41, 5.74) is 7.94. The van der Waals surface area contributed by atoms with E-state index in [1.54, 1.807) is 18.3 Å². The number of nitrogens with one attached hydrogen (secondary N) is 1. The van der Waals surface area contributed by atoms with E-state index in [0.29, 0.717) is 17.8 Å². The molecule has 0 spiro atoms. The van der Waals surface area contributed by atoms with Gasteiger partial charge in [-0.25, -0.2) is 0 Å². The van der Waals surface area contributed by atoms with E-state index in [2.05, 4.69) is 20.4 Å². The molecular weight excluding hydrogens is 361 g/mol. The van der Waals surface area contributed by atoms with Crippen LogP contribution in [0, 0.1) is 6.92 Å². The lowest BCUT2D eigenvalue weighted by Crippen LogP contribution is -2.40. The highest BCUT2D eigenvalue weighted by molar-refractivity contribution is 5.96. The van der Waals surface area contributed by atoms with E-state index in [1.165, 1.54) is 0 Å². The maximum absolute atomic E-state index is 12.4. The van der Waals surface area contributed by atoms with Crippen molar-refractivity contribution in [1.82, 2.24) is 15.5 Å². The Balaban J connectivity index is 0.00000156. The molecule has 0 radical (unpaired) electrons. The molecule has 1 amide bonds. The fourth-order valence-electron chi connectivity index (χ4n) is 2.99. The number of carbonyl (C=O) groups excluding carboxylic acids is 1. The van der Waals surface area contributed by atoms with Crippen molar-refractivity contribution in [3.63, 3.8) is 0 Å². The van der Waals surface area contributed by atoms with Gasteiger partial charge in [-0.2, -0.15) is 5.10 Å². The molecule has 1 aliphatic heterocycles. The molecule has 25 heavy (non-hydrogen) atoms. The molecule has 0 saturated carbocycles. The van der Waals surface area contributed by atoms with Crippen LogP contribution in [0.3, 0.4) is 0 Å². The van der Waals surface area contributed by atoms with E-state index in [0.717, 1.165) is 30.8 Å². The van der Waals surface area contributed by atoms with Gasteiger partial charge in [-0.15, -0.1) is 29.9 Å². The predicted molar refractivity (Wildman–Crippen MR) is 105 cm³/mol. The molecule has 1 aromatic carbocycles. The zero-order valence-electron chi connectivity index (χ0n) is 14.0. The normalized spacial score (nSPS) is 15.9. The topological polar surface area (TPSA) is 84.1 Å². The summed E-state index contributed by atoms with van der Waals surface area (Å²) in [6, 6.07) is 9.48. The third-order valence-corrected chi connectivity index (χ3v) is 4.23. The van der Waals surface area contributed by atoms with Gasteiger partial charge in [-0.1, -0.05) is 6.07 Å². The Bertz CT molecular complexity index is 699. The number of hydrogen-bond acceptors (Lipinski definition) is 5. The number of anilines is 2. The first-order chi connectivity index (χ1) is 11.1. The van der Waals surface area contributed by atoms with Gasteiger partial charge in [0.2, 0.25) is 0 Å². The van der Waals surface area contributed by atoms with Gasteiger partial charge in [0.1, 0.15) is 0 Å². The molecule has 2 heterocycles. The number of nitrogens with zero attached hydrogens (tertiary/aromatic N) is 3. The van der Waals surface area contributed by atoms with Gasteiger partial charge >= 0.3 is 0 Å². The quantitative estimate of drug-likeness (QED) is 0.792. The standard InChI is InChI=1S/C17H21N5O.2ClH/c1-12-6-7-13(18)10-15(12)17(23)19-11-14-4-3-9-22(14)16-5-2-8-20-21-16;;/h2,5-8,10,14H,3-4,9,11,18H2,1H3,(H,19,23);2*1H. The molecule has 1 fully saturated rings. The van der Waals surface area contributed by atoms with E-state index in [9.17, 15) is 4.79 Å². The van der Waals surface area contributed by atoms with E-state index < -0.39 is 0 Å². The Hall–Kier alpha value is -2.05. The molecule has 8 heteroatoms. The van der Waals surface area contributed by atoms with Crippen molar-refractivity contribution >= 4 is 42.2 Å². The number of nitrogens with two attached hydrogens (primary N) is 1. The largest absolute Gasteiger partial charge is 0.399 e. The fourth-order valence-corrected chi connectivity index (χ4v) is 2.99. The minimum absolute atomic E-state index is 0. The second kappa shape index (κ2) is 9.44. The summed E-state index contributed by atoms with van der Waals surface area (Å²) in [5.74, 6) is 0.783. The van der Waals surface area contributed by atoms with Crippen molar-refractivity contribution in [2.75, 3.05) is 23.7 Å². The van der Waals surface area contributed by atoms with Gasteiger partial charge in [0, 0.05) is 36.6 Å². The summed E-state index contributed by atoms with van der Waals surface area (Å²) in [6.45, 7) is 3.44. The smallest absolute Gasteiger partial charge is 0.251 e. The van der Waals surface area contributed by atoms with E-state index >= 15 is 0 Å². The maximum Gasteiger partial charge on any atom is 0.251 e. The Morgan fingerprint density at radius 1 is 1.36 bits per heavy atom. The number of halogens is 2. The summed E-state index contributed by atoms with van der Waals surface area (Å²) in [7, 11) is 0. The van der Waals surface area contributed by atoms with Crippen LogP contribution in [0.15, 0.2) is 36.5 Å². The maximum atomic E-state index is 12.4. The van der Waals surface area contributed by atoms with Crippen LogP contribution in [0.25, 0.3) is 0 Å². The molecule has 3 N–H and O–H groups in total. The Morgan fingerprint density at radius 2 is 2.16 bits per heavy atom. The molecular formula is C17H23Cl2N5O. The number of hydrogen-bond donors (Lipinski definition) is 2. The van der Waals surface area contributed by atoms with Crippen molar-refractivity contribution in [2.45, 2.75) is 25.8 Å². The van der Waals surface area contributed by atoms with Crippen LogP contribution in [0.1, 0.15) is 28.8 Å². The highest BCUT2D eigenvalue weighted by Gasteiger charge is 2.26. The zero-order valence-corrected chi connectivity index (χ0v) is 15.6. The van der Waals surface area contributed by atoms with E-state index in [-0.39, 0.29) is 36.8 Å². The molecule has 136 valence electrons. The van der Waals surface area contributed by atoms with Crippen LogP contribution in [-0.2, 0) is 0 Å². The molecule has 1 aliphatic rings. The number of carbonyl (C=O) groups is 1. The van der Waals surface area contributed by atoms with Gasteiger partial charge in [-0.05, 0) is 49.6 Å². The van der Waals surface area contributed by atoms with Gasteiger partial charge in [-0.3, -0.25) is 4.79 Å². The first kappa shape index (κ1) is 21.0. The lowest BCUT2D eigenvalue weighted by atomic mass is 10.1. The third kappa shape index (κ3) is 4.96. The number of aryl methyl sites for hydroxylation is 1. The summed E-state index contributed by atoms with van der Waals surface area (Å²) < 4.78 is 0. The van der Waals surface area contributed by atoms with Gasteiger partial charge in [0.05, 0.1) is 0 Å². The van der Waals surface area contributed by atoms with Crippen molar-refractivity contribution < 1.29 is 4.79 Å². The molecule has 0 aliphatic carbocycles.